The van der Waals surface area contributed by atoms with Crippen LogP contribution in [0.5, 0.6) is 0 Å². The number of likely N-dealkylation sites (tertiary alicyclic amines) is 1. The van der Waals surface area contributed by atoms with Gasteiger partial charge in [-0.05, 0) is 25.8 Å². The van der Waals surface area contributed by atoms with Crippen LogP contribution in [0.2, 0.25) is 0 Å². The highest BCUT2D eigenvalue weighted by atomic mass is 19.1. The molecule has 2 aliphatic rings. The number of alkyl halides is 1. The first kappa shape index (κ1) is 15.3. The number of hydrogen-bond acceptors (Lipinski definition) is 4. The van der Waals surface area contributed by atoms with Crippen molar-refractivity contribution in [1.82, 2.24) is 29.9 Å². The zero-order chi connectivity index (χ0) is 16.7. The molecule has 8 heteroatoms. The smallest absolute Gasteiger partial charge is 0.272 e. The molecule has 1 aliphatic carbocycles. The van der Waals surface area contributed by atoms with E-state index in [1.165, 1.54) is 0 Å². The van der Waals surface area contributed by atoms with Crippen LogP contribution in [-0.2, 0) is 6.54 Å². The maximum Gasteiger partial charge on any atom is 0.272 e. The van der Waals surface area contributed by atoms with E-state index in [1.54, 1.807) is 21.8 Å². The Hall–Kier alpha value is -2.25. The number of nitrogens with one attached hydrogen (secondary N) is 1. The molecule has 3 heterocycles. The largest absolute Gasteiger partial charge is 0.336 e. The van der Waals surface area contributed by atoms with Crippen molar-refractivity contribution in [2.75, 3.05) is 19.8 Å². The molecule has 1 saturated carbocycles. The number of nitrogens with zero attached hydrogens (tertiary/aromatic N) is 5. The SMILES string of the molecule is CCn1nccc1C(=O)N1CC(CF)C(c2nc(C3CC3)n[nH]2)C1. The van der Waals surface area contributed by atoms with E-state index in [4.69, 9.17) is 0 Å². The monoisotopic (exact) mass is 332 g/mol. The number of H-pyrrole nitrogens is 1. The van der Waals surface area contributed by atoms with Crippen LogP contribution in [0.4, 0.5) is 4.39 Å². The first-order valence-electron chi connectivity index (χ1n) is 8.50. The highest BCUT2D eigenvalue weighted by molar-refractivity contribution is 5.92. The lowest BCUT2D eigenvalue weighted by Crippen LogP contribution is -2.31. The van der Waals surface area contributed by atoms with Gasteiger partial charge < -0.3 is 4.90 Å². The molecule has 2 atom stereocenters. The maximum absolute atomic E-state index is 13.5. The molecule has 24 heavy (non-hydrogen) atoms. The number of aryl methyl sites for hydroxylation is 1. The number of amides is 1. The number of carbonyl (C=O) groups is 1. The Morgan fingerprint density at radius 1 is 1.42 bits per heavy atom. The molecule has 0 aromatic carbocycles. The molecule has 2 fully saturated rings. The van der Waals surface area contributed by atoms with E-state index < -0.39 is 6.67 Å². The van der Waals surface area contributed by atoms with Crippen molar-refractivity contribution in [3.8, 4) is 0 Å². The third kappa shape index (κ3) is 2.59. The molecule has 1 aliphatic heterocycles. The van der Waals surface area contributed by atoms with Crippen molar-refractivity contribution in [2.45, 2.75) is 38.1 Å². The van der Waals surface area contributed by atoms with Crippen molar-refractivity contribution in [1.29, 1.82) is 0 Å². The second-order valence-corrected chi connectivity index (χ2v) is 6.62. The lowest BCUT2D eigenvalue weighted by molar-refractivity contribution is 0.0772. The Labute approximate surface area is 139 Å². The average Bonchev–Trinajstić information content (AvgIpc) is 3.06. The summed E-state index contributed by atoms with van der Waals surface area (Å²) in [6.07, 6.45) is 3.87. The minimum Gasteiger partial charge on any atom is -0.336 e. The Bertz CT molecular complexity index is 737. The second kappa shape index (κ2) is 5.99. The topological polar surface area (TPSA) is 79.7 Å². The molecule has 1 amide bonds. The van der Waals surface area contributed by atoms with Crippen LogP contribution in [0.25, 0.3) is 0 Å². The van der Waals surface area contributed by atoms with E-state index in [0.29, 0.717) is 37.1 Å². The molecule has 2 aromatic rings. The van der Waals surface area contributed by atoms with Crippen LogP contribution in [-0.4, -0.2) is 55.5 Å². The summed E-state index contributed by atoms with van der Waals surface area (Å²) in [5, 5.41) is 11.4. The van der Waals surface area contributed by atoms with Gasteiger partial charge in [-0.1, -0.05) is 0 Å². The van der Waals surface area contributed by atoms with Gasteiger partial charge in [0.1, 0.15) is 11.5 Å². The highest BCUT2D eigenvalue weighted by Crippen LogP contribution is 2.39. The van der Waals surface area contributed by atoms with Gasteiger partial charge >= 0.3 is 0 Å². The fourth-order valence-corrected chi connectivity index (χ4v) is 3.41. The summed E-state index contributed by atoms with van der Waals surface area (Å²) in [6.45, 7) is 2.95. The van der Waals surface area contributed by atoms with Gasteiger partial charge in [-0.2, -0.15) is 10.2 Å². The van der Waals surface area contributed by atoms with Gasteiger partial charge in [0.05, 0.1) is 6.67 Å². The Kier molecular flexibility index (Phi) is 3.82. The van der Waals surface area contributed by atoms with Gasteiger partial charge in [-0.3, -0.25) is 19.0 Å². The minimum atomic E-state index is -0.471. The lowest BCUT2D eigenvalue weighted by Gasteiger charge is -2.16. The highest BCUT2D eigenvalue weighted by Gasteiger charge is 2.39. The third-order valence-electron chi connectivity index (χ3n) is 4.98. The number of hydrogen-bond donors (Lipinski definition) is 1. The van der Waals surface area contributed by atoms with Crippen molar-refractivity contribution < 1.29 is 9.18 Å². The Balaban J connectivity index is 1.53. The van der Waals surface area contributed by atoms with Gasteiger partial charge in [-0.25, -0.2) is 4.98 Å². The van der Waals surface area contributed by atoms with Gasteiger partial charge in [0.25, 0.3) is 5.91 Å². The summed E-state index contributed by atoms with van der Waals surface area (Å²) in [5.74, 6) is 1.52. The number of aromatic amines is 1. The number of aromatic nitrogens is 5. The van der Waals surface area contributed by atoms with E-state index in [2.05, 4.69) is 20.3 Å². The summed E-state index contributed by atoms with van der Waals surface area (Å²) >= 11 is 0. The molecular weight excluding hydrogens is 311 g/mol. The molecule has 0 bridgehead atoms. The third-order valence-corrected chi connectivity index (χ3v) is 4.98. The molecule has 2 unspecified atom stereocenters. The summed E-state index contributed by atoms with van der Waals surface area (Å²) < 4.78 is 15.2. The van der Waals surface area contributed by atoms with E-state index in [-0.39, 0.29) is 17.7 Å². The Morgan fingerprint density at radius 3 is 2.96 bits per heavy atom. The van der Waals surface area contributed by atoms with Gasteiger partial charge in [0.15, 0.2) is 5.82 Å². The molecule has 128 valence electrons. The quantitative estimate of drug-likeness (QED) is 0.904. The summed E-state index contributed by atoms with van der Waals surface area (Å²) in [4.78, 5) is 19.0. The fourth-order valence-electron chi connectivity index (χ4n) is 3.41. The fraction of sp³-hybridized carbons (Fsp3) is 0.625. The van der Waals surface area contributed by atoms with E-state index in [0.717, 1.165) is 18.7 Å². The summed E-state index contributed by atoms with van der Waals surface area (Å²) in [7, 11) is 0. The normalized spacial score (nSPS) is 23.8. The van der Waals surface area contributed by atoms with Crippen LogP contribution in [0.15, 0.2) is 12.3 Å². The molecular formula is C16H21FN6O. The Morgan fingerprint density at radius 2 is 2.25 bits per heavy atom. The van der Waals surface area contributed by atoms with Crippen LogP contribution < -0.4 is 0 Å². The van der Waals surface area contributed by atoms with Crippen molar-refractivity contribution in [3.63, 3.8) is 0 Å². The average molecular weight is 332 g/mol. The standard InChI is InChI=1S/C16H21FN6O/c1-2-23-13(5-6-18-23)16(24)22-8-11(7-17)12(9-22)15-19-14(20-21-15)10-3-4-10/h5-6,10-12H,2-4,7-9H2,1H3,(H,19,20,21). The molecule has 7 nitrogen and oxygen atoms in total. The van der Waals surface area contributed by atoms with Crippen LogP contribution >= 0.6 is 0 Å². The molecule has 0 radical (unpaired) electrons. The lowest BCUT2D eigenvalue weighted by atomic mass is 9.97. The van der Waals surface area contributed by atoms with Gasteiger partial charge in [0, 0.05) is 43.6 Å². The number of halogens is 1. The molecule has 1 saturated heterocycles. The summed E-state index contributed by atoms with van der Waals surface area (Å²) in [5.41, 5.74) is 0.548. The van der Waals surface area contributed by atoms with Gasteiger partial charge in [0.2, 0.25) is 0 Å². The van der Waals surface area contributed by atoms with E-state index >= 15 is 0 Å². The summed E-state index contributed by atoms with van der Waals surface area (Å²) in [6, 6.07) is 1.71. The molecule has 4 rings (SSSR count). The first-order chi connectivity index (χ1) is 11.7. The van der Waals surface area contributed by atoms with Crippen LogP contribution in [0.1, 0.15) is 53.7 Å². The molecule has 0 spiro atoms. The minimum absolute atomic E-state index is 0.0998. The maximum atomic E-state index is 13.5. The number of rotatable bonds is 5. The van der Waals surface area contributed by atoms with Crippen LogP contribution in [0.3, 0.4) is 0 Å². The van der Waals surface area contributed by atoms with Gasteiger partial charge in [-0.15, -0.1) is 0 Å². The van der Waals surface area contributed by atoms with Crippen molar-refractivity contribution in [3.05, 3.63) is 29.6 Å². The van der Waals surface area contributed by atoms with E-state index in [1.807, 2.05) is 6.92 Å². The van der Waals surface area contributed by atoms with Crippen molar-refractivity contribution >= 4 is 5.91 Å². The molecule has 2 aromatic heterocycles. The van der Waals surface area contributed by atoms with E-state index in [9.17, 15) is 9.18 Å². The second-order valence-electron chi connectivity index (χ2n) is 6.62. The predicted octanol–water partition coefficient (Wildman–Crippen LogP) is 1.72. The first-order valence-corrected chi connectivity index (χ1v) is 8.50. The number of carbonyl (C=O) groups excluding carboxylic acids is 1. The van der Waals surface area contributed by atoms with Crippen molar-refractivity contribution in [2.24, 2.45) is 5.92 Å². The predicted molar refractivity (Wildman–Crippen MR) is 84.4 cm³/mol. The molecule has 1 N–H and O–H groups in total. The van der Waals surface area contributed by atoms with Crippen LogP contribution in [0, 0.1) is 5.92 Å². The zero-order valence-corrected chi connectivity index (χ0v) is 13.7. The zero-order valence-electron chi connectivity index (χ0n) is 13.7.